The van der Waals surface area contributed by atoms with Gasteiger partial charge in [0.2, 0.25) is 5.91 Å². The van der Waals surface area contributed by atoms with Crippen molar-refractivity contribution in [1.29, 1.82) is 0 Å². The molecule has 0 aromatic heterocycles. The zero-order valence-electron chi connectivity index (χ0n) is 17.9. The minimum absolute atomic E-state index is 0.0348. The van der Waals surface area contributed by atoms with Gasteiger partial charge in [-0.25, -0.2) is 0 Å². The van der Waals surface area contributed by atoms with Crippen molar-refractivity contribution >= 4 is 18.5 Å². The molecular weight excluding hydrogens is 337 g/mol. The number of rotatable bonds is 4. The molecule has 5 heteroatoms. The fraction of sp³-hybridized carbons (Fsp3) is 0.591. The molecule has 0 radical (unpaired) electrons. The summed E-state index contributed by atoms with van der Waals surface area (Å²) in [6.45, 7) is 16.7. The first-order chi connectivity index (χ1) is 12.3. The largest absolute Gasteiger partial charge is 0.495 e. The van der Waals surface area contributed by atoms with Crippen LogP contribution >= 0.6 is 0 Å². The summed E-state index contributed by atoms with van der Waals surface area (Å²) in [7, 11) is -0.421. The van der Waals surface area contributed by atoms with Gasteiger partial charge >= 0.3 is 7.12 Å². The smallest absolute Gasteiger partial charge is 0.399 e. The lowest BCUT2D eigenvalue weighted by Crippen LogP contribution is -2.41. The van der Waals surface area contributed by atoms with Crippen LogP contribution in [0.25, 0.3) is 0 Å². The van der Waals surface area contributed by atoms with Crippen molar-refractivity contribution in [3.63, 3.8) is 0 Å². The summed E-state index contributed by atoms with van der Waals surface area (Å²) >= 11 is 0. The number of carbonyl (C=O) groups is 1. The van der Waals surface area contributed by atoms with Crippen LogP contribution in [0.5, 0.6) is 0 Å². The second-order valence-electron chi connectivity index (χ2n) is 9.22. The summed E-state index contributed by atoms with van der Waals surface area (Å²) in [4.78, 5) is 12.3. The molecule has 4 nitrogen and oxygen atoms in total. The minimum Gasteiger partial charge on any atom is -0.399 e. The van der Waals surface area contributed by atoms with E-state index in [9.17, 15) is 4.79 Å². The Morgan fingerprint density at radius 1 is 1.15 bits per heavy atom. The molecule has 1 aromatic rings. The van der Waals surface area contributed by atoms with Gasteiger partial charge in [0, 0.05) is 5.41 Å². The maximum Gasteiger partial charge on any atom is 0.495 e. The summed E-state index contributed by atoms with van der Waals surface area (Å²) in [5, 5.41) is 2.87. The van der Waals surface area contributed by atoms with E-state index in [-0.39, 0.29) is 22.5 Å². The molecule has 1 amide bonds. The molecule has 2 rings (SSSR count). The van der Waals surface area contributed by atoms with E-state index in [2.05, 4.69) is 17.2 Å². The van der Waals surface area contributed by atoms with Crippen molar-refractivity contribution in [1.82, 2.24) is 5.32 Å². The summed E-state index contributed by atoms with van der Waals surface area (Å²) in [6.07, 6.45) is 0.316. The van der Waals surface area contributed by atoms with E-state index < -0.39 is 7.12 Å². The summed E-state index contributed by atoms with van der Waals surface area (Å²) in [5.41, 5.74) is 2.16. The molecule has 1 aliphatic heterocycles. The molecule has 0 unspecified atom stereocenters. The molecule has 1 fully saturated rings. The van der Waals surface area contributed by atoms with Crippen molar-refractivity contribution in [2.75, 3.05) is 6.54 Å². The normalized spacial score (nSPS) is 18.0. The first-order valence-corrected chi connectivity index (χ1v) is 9.53. The van der Waals surface area contributed by atoms with Gasteiger partial charge in [-0.3, -0.25) is 4.79 Å². The molecule has 27 heavy (non-hydrogen) atoms. The zero-order chi connectivity index (χ0) is 20.5. The quantitative estimate of drug-likeness (QED) is 0.656. The topological polar surface area (TPSA) is 47.6 Å². The Kier molecular flexibility index (Phi) is 6.14. The van der Waals surface area contributed by atoms with Gasteiger partial charge in [-0.15, -0.1) is 0 Å². The van der Waals surface area contributed by atoms with Gasteiger partial charge in [-0.1, -0.05) is 30.0 Å². The fourth-order valence-corrected chi connectivity index (χ4v) is 2.81. The van der Waals surface area contributed by atoms with Crippen LogP contribution < -0.4 is 10.8 Å². The van der Waals surface area contributed by atoms with Crippen LogP contribution in [0.3, 0.4) is 0 Å². The van der Waals surface area contributed by atoms with Crippen LogP contribution in [0, 0.1) is 24.2 Å². The highest BCUT2D eigenvalue weighted by Gasteiger charge is 2.52. The van der Waals surface area contributed by atoms with Crippen LogP contribution in [0.1, 0.15) is 59.6 Å². The van der Waals surface area contributed by atoms with E-state index in [1.807, 2.05) is 73.6 Å². The van der Waals surface area contributed by atoms with E-state index in [1.54, 1.807) is 0 Å². The predicted octanol–water partition coefficient (Wildman–Crippen LogP) is 3.00. The molecule has 1 saturated heterocycles. The van der Waals surface area contributed by atoms with Crippen LogP contribution in [0.4, 0.5) is 0 Å². The second kappa shape index (κ2) is 7.69. The van der Waals surface area contributed by atoms with Gasteiger partial charge < -0.3 is 14.6 Å². The Bertz CT molecular complexity index is 750. The van der Waals surface area contributed by atoms with E-state index in [0.717, 1.165) is 16.6 Å². The lowest BCUT2D eigenvalue weighted by molar-refractivity contribution is -0.120. The van der Waals surface area contributed by atoms with Crippen molar-refractivity contribution < 1.29 is 14.1 Å². The van der Waals surface area contributed by atoms with E-state index in [4.69, 9.17) is 9.31 Å². The third-order valence-corrected chi connectivity index (χ3v) is 5.18. The molecule has 1 aromatic carbocycles. The maximum atomic E-state index is 12.3. The maximum absolute atomic E-state index is 12.3. The number of amides is 1. The first-order valence-electron chi connectivity index (χ1n) is 9.53. The van der Waals surface area contributed by atoms with Gasteiger partial charge in [0.15, 0.2) is 0 Å². The van der Waals surface area contributed by atoms with Gasteiger partial charge in [0.05, 0.1) is 24.2 Å². The van der Waals surface area contributed by atoms with Gasteiger partial charge in [-0.05, 0) is 72.0 Å². The Morgan fingerprint density at radius 3 is 2.30 bits per heavy atom. The first kappa shape index (κ1) is 21.5. The average Bonchev–Trinajstić information content (AvgIpc) is 2.73. The summed E-state index contributed by atoms with van der Waals surface area (Å²) < 4.78 is 12.3. The average molecular weight is 369 g/mol. The molecule has 1 N–H and O–H groups in total. The SMILES string of the molecule is Cc1c(CC(=O)NCC#CC(C)(C)C)cccc1B1OC(C)(C)C(C)(C)O1. The highest BCUT2D eigenvalue weighted by molar-refractivity contribution is 6.62. The Balaban J connectivity index is 2.07. The van der Waals surface area contributed by atoms with Crippen molar-refractivity contribution in [2.24, 2.45) is 5.41 Å². The molecular formula is C22H32BNO3. The monoisotopic (exact) mass is 369 g/mol. The Labute approximate surface area is 164 Å². The molecule has 0 spiro atoms. The van der Waals surface area contributed by atoms with E-state index >= 15 is 0 Å². The van der Waals surface area contributed by atoms with Crippen LogP contribution in [0.2, 0.25) is 0 Å². The zero-order valence-corrected chi connectivity index (χ0v) is 17.9. The second-order valence-corrected chi connectivity index (χ2v) is 9.22. The van der Waals surface area contributed by atoms with Crippen LogP contribution in [-0.2, 0) is 20.5 Å². The standard InChI is InChI=1S/C22H32BNO3/c1-16-17(15-19(25)24-14-10-13-20(2,3)4)11-9-12-18(16)23-26-21(5,6)22(7,8)27-23/h9,11-12H,14-15H2,1-8H3,(H,24,25). The summed E-state index contributed by atoms with van der Waals surface area (Å²) in [5.74, 6) is 6.09. The van der Waals surface area contributed by atoms with E-state index in [0.29, 0.717) is 13.0 Å². The molecule has 1 heterocycles. The third-order valence-electron chi connectivity index (χ3n) is 5.18. The lowest BCUT2D eigenvalue weighted by atomic mass is 9.75. The number of carbonyl (C=O) groups excluding carboxylic acids is 1. The van der Waals surface area contributed by atoms with Crippen LogP contribution in [-0.4, -0.2) is 30.8 Å². The highest BCUT2D eigenvalue weighted by atomic mass is 16.7. The predicted molar refractivity (Wildman–Crippen MR) is 111 cm³/mol. The number of hydrogen-bond donors (Lipinski definition) is 1. The van der Waals surface area contributed by atoms with Gasteiger partial charge in [-0.2, -0.15) is 0 Å². The van der Waals surface area contributed by atoms with Gasteiger partial charge in [0.1, 0.15) is 0 Å². The summed E-state index contributed by atoms with van der Waals surface area (Å²) in [6, 6.07) is 5.94. The molecule has 146 valence electrons. The van der Waals surface area contributed by atoms with E-state index in [1.165, 1.54) is 0 Å². The fourth-order valence-electron chi connectivity index (χ4n) is 2.81. The molecule has 0 atom stereocenters. The molecule has 0 aliphatic carbocycles. The highest BCUT2D eigenvalue weighted by Crippen LogP contribution is 2.36. The van der Waals surface area contributed by atoms with Crippen molar-refractivity contribution in [2.45, 2.75) is 73.0 Å². The minimum atomic E-state index is -0.421. The number of hydrogen-bond acceptors (Lipinski definition) is 3. The van der Waals surface area contributed by atoms with Gasteiger partial charge in [0.25, 0.3) is 0 Å². The number of benzene rings is 1. The Hall–Kier alpha value is -1.77. The molecule has 0 bridgehead atoms. The molecule has 0 saturated carbocycles. The molecule has 1 aliphatic rings. The third kappa shape index (κ3) is 5.37. The van der Waals surface area contributed by atoms with Crippen molar-refractivity contribution in [3.05, 3.63) is 29.3 Å². The Morgan fingerprint density at radius 2 is 1.74 bits per heavy atom. The number of nitrogens with one attached hydrogen (secondary N) is 1. The lowest BCUT2D eigenvalue weighted by Gasteiger charge is -2.32. The van der Waals surface area contributed by atoms with Crippen molar-refractivity contribution in [3.8, 4) is 11.8 Å². The van der Waals surface area contributed by atoms with Crippen LogP contribution in [0.15, 0.2) is 18.2 Å².